The molecular weight excluding hydrogens is 717 g/mol. The predicted molar refractivity (Wildman–Crippen MR) is 194 cm³/mol. The van der Waals surface area contributed by atoms with Crippen molar-refractivity contribution in [2.24, 2.45) is 5.92 Å². The summed E-state index contributed by atoms with van der Waals surface area (Å²) in [7, 11) is -0.947. The molecule has 0 fully saturated rings. The predicted octanol–water partition coefficient (Wildman–Crippen LogP) is 6.47. The van der Waals surface area contributed by atoms with Crippen LogP contribution in [0.25, 0.3) is 0 Å². The molecule has 1 aliphatic heterocycles. The van der Waals surface area contributed by atoms with Crippen LogP contribution in [-0.4, -0.2) is 93.4 Å². The second-order valence-corrected chi connectivity index (χ2v) is 15.2. The number of anilines is 2. The molecule has 0 spiro atoms. The summed E-state index contributed by atoms with van der Waals surface area (Å²) in [5, 5.41) is 15.3. The maximum Gasteiger partial charge on any atom is 0.416 e. The molecule has 1 heterocycles. The molecule has 4 rings (SSSR count). The largest absolute Gasteiger partial charge is 0.497 e. The number of halogens is 3. The van der Waals surface area contributed by atoms with Gasteiger partial charge in [-0.05, 0) is 99.8 Å². The van der Waals surface area contributed by atoms with Crippen LogP contribution >= 0.6 is 0 Å². The van der Waals surface area contributed by atoms with Gasteiger partial charge in [-0.1, -0.05) is 6.92 Å². The van der Waals surface area contributed by atoms with E-state index in [9.17, 15) is 36.3 Å². The van der Waals surface area contributed by atoms with Gasteiger partial charge < -0.3 is 34.9 Å². The zero-order valence-electron chi connectivity index (χ0n) is 30.4. The van der Waals surface area contributed by atoms with Crippen molar-refractivity contribution in [1.82, 2.24) is 9.21 Å². The number of aliphatic hydroxyl groups excluding tert-OH is 1. The first kappa shape index (κ1) is 41.4. The van der Waals surface area contributed by atoms with E-state index >= 15 is 0 Å². The highest BCUT2D eigenvalue weighted by molar-refractivity contribution is 7.89. The Morgan fingerprint density at radius 1 is 1.04 bits per heavy atom. The van der Waals surface area contributed by atoms with Crippen molar-refractivity contribution >= 4 is 33.3 Å². The number of fused-ring (bicyclic) bond motifs is 1. The topological polar surface area (TPSA) is 147 Å². The van der Waals surface area contributed by atoms with E-state index in [-0.39, 0.29) is 53.4 Å². The van der Waals surface area contributed by atoms with E-state index in [1.54, 1.807) is 31.2 Å². The number of alkyl halides is 3. The van der Waals surface area contributed by atoms with E-state index in [2.05, 4.69) is 10.6 Å². The Kier molecular flexibility index (Phi) is 14.1. The maximum absolute atomic E-state index is 14.4. The molecule has 3 aromatic carbocycles. The fraction of sp³-hybridized carbons (Fsp3) is 0.459. The Bertz CT molecular complexity index is 1790. The third-order valence-corrected chi connectivity index (χ3v) is 10.8. The highest BCUT2D eigenvalue weighted by Gasteiger charge is 2.33. The van der Waals surface area contributed by atoms with E-state index in [0.29, 0.717) is 25.2 Å². The number of amides is 3. The highest BCUT2D eigenvalue weighted by atomic mass is 32.2. The standard InChI is InChI=1S/C37H47F3N4O8S/c1-24-21-44(25(2)23-45)35(46)32-20-29(42-36(47)41-28-11-9-27(10-12-28)37(38,39)40)13-18-33(32)52-26(3)8-6-7-19-51-34(24)22-43(4)53(48,49)31-16-14-30(50-5)15-17-31/h9-18,20,24-26,34,45H,6-8,19,21-23H2,1-5H3,(H2,41,42,47)/t24-,25+,26-,34-/m0/s1. The van der Waals surface area contributed by atoms with E-state index in [4.69, 9.17) is 14.2 Å². The number of aliphatic hydroxyl groups is 1. The zero-order valence-corrected chi connectivity index (χ0v) is 31.2. The van der Waals surface area contributed by atoms with E-state index in [1.807, 2.05) is 13.8 Å². The molecule has 0 saturated heterocycles. The van der Waals surface area contributed by atoms with Gasteiger partial charge in [-0.15, -0.1) is 0 Å². The fourth-order valence-electron chi connectivity index (χ4n) is 5.78. The summed E-state index contributed by atoms with van der Waals surface area (Å²) < 4.78 is 84.8. The lowest BCUT2D eigenvalue weighted by Crippen LogP contribution is -2.48. The van der Waals surface area contributed by atoms with Gasteiger partial charge in [0, 0.05) is 44.0 Å². The molecular formula is C37H47F3N4O8S. The number of sulfonamides is 1. The summed E-state index contributed by atoms with van der Waals surface area (Å²) in [6.45, 7) is 5.41. The molecule has 0 radical (unpaired) electrons. The third-order valence-electron chi connectivity index (χ3n) is 8.98. The lowest BCUT2D eigenvalue weighted by molar-refractivity contribution is -0.137. The number of carbonyl (C=O) groups is 2. The van der Waals surface area contributed by atoms with Gasteiger partial charge in [-0.25, -0.2) is 13.2 Å². The monoisotopic (exact) mass is 764 g/mol. The molecule has 0 bridgehead atoms. The van der Waals surface area contributed by atoms with Crippen LogP contribution in [0.2, 0.25) is 0 Å². The van der Waals surface area contributed by atoms with Crippen LogP contribution in [0, 0.1) is 5.92 Å². The fourth-order valence-corrected chi connectivity index (χ4v) is 6.96. The summed E-state index contributed by atoms with van der Waals surface area (Å²) in [5.74, 6) is -0.150. The van der Waals surface area contributed by atoms with Crippen molar-refractivity contribution in [2.75, 3.05) is 51.1 Å². The van der Waals surface area contributed by atoms with E-state index < -0.39 is 51.8 Å². The first-order chi connectivity index (χ1) is 25.0. The lowest BCUT2D eigenvalue weighted by atomic mass is 10.0. The SMILES string of the molecule is COc1ccc(S(=O)(=O)N(C)C[C@@H]2OCCCC[C@H](C)Oc3ccc(NC(=O)Nc4ccc(C(F)(F)F)cc4)cc3C(=O)N([C@H](C)CO)C[C@@H]2C)cc1. The lowest BCUT2D eigenvalue weighted by Gasteiger charge is -2.35. The van der Waals surface area contributed by atoms with Crippen LogP contribution in [0.15, 0.2) is 71.6 Å². The van der Waals surface area contributed by atoms with Crippen molar-refractivity contribution in [2.45, 2.75) is 69.4 Å². The molecule has 12 nitrogen and oxygen atoms in total. The van der Waals surface area contributed by atoms with Gasteiger partial charge in [-0.2, -0.15) is 17.5 Å². The van der Waals surface area contributed by atoms with E-state index in [0.717, 1.165) is 30.7 Å². The Balaban J connectivity index is 1.60. The summed E-state index contributed by atoms with van der Waals surface area (Å²) in [5.41, 5.74) is -0.430. The molecule has 0 aliphatic carbocycles. The second kappa shape index (κ2) is 18.1. The van der Waals surface area contributed by atoms with E-state index in [1.165, 1.54) is 41.6 Å². The molecule has 0 aromatic heterocycles. The van der Waals surface area contributed by atoms with Crippen LogP contribution < -0.4 is 20.1 Å². The number of rotatable bonds is 9. The quantitative estimate of drug-likeness (QED) is 0.225. The van der Waals surface area contributed by atoms with Crippen LogP contribution in [0.3, 0.4) is 0 Å². The average molecular weight is 765 g/mol. The molecule has 3 aromatic rings. The molecule has 3 amide bonds. The number of hydrogen-bond donors (Lipinski definition) is 3. The maximum atomic E-state index is 14.4. The van der Waals surface area contributed by atoms with Gasteiger partial charge in [0.25, 0.3) is 5.91 Å². The Hall–Kier alpha value is -4.38. The first-order valence-corrected chi connectivity index (χ1v) is 18.7. The number of nitrogens with zero attached hydrogens (tertiary/aromatic N) is 2. The molecule has 3 N–H and O–H groups in total. The summed E-state index contributed by atoms with van der Waals surface area (Å²) >= 11 is 0. The van der Waals surface area contributed by atoms with Crippen molar-refractivity contribution in [3.8, 4) is 11.5 Å². The van der Waals surface area contributed by atoms with Crippen molar-refractivity contribution in [1.29, 1.82) is 0 Å². The van der Waals surface area contributed by atoms with Crippen molar-refractivity contribution < 1.29 is 50.5 Å². The third kappa shape index (κ3) is 11.1. The minimum absolute atomic E-state index is 0.0106. The van der Waals surface area contributed by atoms with Gasteiger partial charge in [0.2, 0.25) is 10.0 Å². The van der Waals surface area contributed by atoms with Crippen LogP contribution in [0.4, 0.5) is 29.3 Å². The van der Waals surface area contributed by atoms with Crippen LogP contribution in [0.1, 0.15) is 56.0 Å². The van der Waals surface area contributed by atoms with Crippen LogP contribution in [-0.2, 0) is 20.9 Å². The molecule has 4 atom stereocenters. The van der Waals surface area contributed by atoms with Gasteiger partial charge in [0.15, 0.2) is 0 Å². The Morgan fingerprint density at radius 3 is 2.30 bits per heavy atom. The number of hydrogen-bond acceptors (Lipinski definition) is 8. The number of methoxy groups -OCH3 is 1. The average Bonchev–Trinajstić information content (AvgIpc) is 3.12. The van der Waals surface area contributed by atoms with Crippen molar-refractivity contribution in [3.05, 3.63) is 77.9 Å². The normalized spacial score (nSPS) is 19.8. The summed E-state index contributed by atoms with van der Waals surface area (Å²) in [6, 6.07) is 13.1. The minimum atomic E-state index is -4.52. The Morgan fingerprint density at radius 2 is 1.68 bits per heavy atom. The van der Waals surface area contributed by atoms with Crippen molar-refractivity contribution in [3.63, 3.8) is 0 Å². The molecule has 0 saturated carbocycles. The number of carbonyl (C=O) groups excluding carboxylic acids is 2. The second-order valence-electron chi connectivity index (χ2n) is 13.1. The number of nitrogens with one attached hydrogen (secondary N) is 2. The molecule has 16 heteroatoms. The number of likely N-dealkylation sites (N-methyl/N-ethyl adjacent to an activating group) is 1. The first-order valence-electron chi connectivity index (χ1n) is 17.2. The molecule has 1 aliphatic rings. The molecule has 53 heavy (non-hydrogen) atoms. The van der Waals surface area contributed by atoms with Gasteiger partial charge in [-0.3, -0.25) is 4.79 Å². The highest BCUT2D eigenvalue weighted by Crippen LogP contribution is 2.31. The number of ether oxygens (including phenoxy) is 3. The number of benzene rings is 3. The minimum Gasteiger partial charge on any atom is -0.497 e. The van der Waals surface area contributed by atoms with Gasteiger partial charge in [0.1, 0.15) is 11.5 Å². The smallest absolute Gasteiger partial charge is 0.416 e. The molecule has 0 unspecified atom stereocenters. The zero-order chi connectivity index (χ0) is 38.9. The van der Waals surface area contributed by atoms with Gasteiger partial charge in [0.05, 0.1) is 48.0 Å². The molecule has 290 valence electrons. The van der Waals surface area contributed by atoms with Crippen LogP contribution in [0.5, 0.6) is 11.5 Å². The number of urea groups is 1. The summed E-state index contributed by atoms with van der Waals surface area (Å²) in [6.07, 6.45) is -3.45. The summed E-state index contributed by atoms with van der Waals surface area (Å²) in [4.78, 5) is 28.8. The Labute approximate surface area is 308 Å². The van der Waals surface area contributed by atoms with Gasteiger partial charge >= 0.3 is 12.2 Å².